The van der Waals surface area contributed by atoms with E-state index in [0.717, 1.165) is 5.57 Å². The van der Waals surface area contributed by atoms with Crippen molar-refractivity contribution in [1.82, 2.24) is 0 Å². The molecule has 0 rings (SSSR count). The van der Waals surface area contributed by atoms with Gasteiger partial charge in [-0.1, -0.05) is 32.4 Å². The fraction of sp³-hybridized carbons (Fsp3) is 0.812. The Hall–Kier alpha value is -0.693. The lowest BCUT2D eigenvalue weighted by Gasteiger charge is -2.42. The fourth-order valence-electron chi connectivity index (χ4n) is 1.62. The van der Waals surface area contributed by atoms with Crippen molar-refractivity contribution in [3.63, 3.8) is 0 Å². The van der Waals surface area contributed by atoms with Crippen LogP contribution >= 0.6 is 0 Å². The molecular formula is C16H33NO4Si. The van der Waals surface area contributed by atoms with Gasteiger partial charge < -0.3 is 20.0 Å². The summed E-state index contributed by atoms with van der Waals surface area (Å²) >= 11 is 0. The minimum atomic E-state index is -2.17. The Labute approximate surface area is 136 Å². The van der Waals surface area contributed by atoms with E-state index in [4.69, 9.17) is 14.9 Å². The van der Waals surface area contributed by atoms with E-state index in [0.29, 0.717) is 0 Å². The summed E-state index contributed by atoms with van der Waals surface area (Å²) in [6, 6.07) is 0. The molecule has 5 nitrogen and oxygen atoms in total. The molecule has 0 aliphatic heterocycles. The Morgan fingerprint density at radius 2 is 1.82 bits per heavy atom. The van der Waals surface area contributed by atoms with Crippen molar-refractivity contribution in [1.29, 1.82) is 0 Å². The van der Waals surface area contributed by atoms with Gasteiger partial charge in [-0.3, -0.25) is 0 Å². The third kappa shape index (κ3) is 5.19. The number of hydrogen-bond acceptors (Lipinski definition) is 5. The zero-order valence-electron chi connectivity index (χ0n) is 15.3. The van der Waals surface area contributed by atoms with Crippen molar-refractivity contribution < 1.29 is 19.1 Å². The van der Waals surface area contributed by atoms with Gasteiger partial charge in [-0.05, 0) is 38.9 Å². The van der Waals surface area contributed by atoms with E-state index in [1.165, 1.54) is 0 Å². The molecule has 0 radical (unpaired) electrons. The van der Waals surface area contributed by atoms with Gasteiger partial charge in [0.25, 0.3) is 0 Å². The molecule has 0 fully saturated rings. The van der Waals surface area contributed by atoms with Crippen molar-refractivity contribution in [3.05, 3.63) is 11.6 Å². The molecule has 0 bridgehead atoms. The van der Waals surface area contributed by atoms with E-state index in [1.54, 1.807) is 13.0 Å². The van der Waals surface area contributed by atoms with Crippen molar-refractivity contribution in [2.75, 3.05) is 13.2 Å². The predicted molar refractivity (Wildman–Crippen MR) is 92.1 cm³/mol. The number of ether oxygens (including phenoxy) is 1. The van der Waals surface area contributed by atoms with Gasteiger partial charge in [0.1, 0.15) is 0 Å². The molecule has 0 amide bonds. The fourth-order valence-corrected chi connectivity index (χ4v) is 2.89. The Balaban J connectivity index is 5.72. The van der Waals surface area contributed by atoms with Gasteiger partial charge >= 0.3 is 5.97 Å². The molecule has 0 aromatic carbocycles. The van der Waals surface area contributed by atoms with Crippen LogP contribution in [-0.4, -0.2) is 44.2 Å². The Bertz CT molecular complexity index is 411. The van der Waals surface area contributed by atoms with Crippen LogP contribution in [-0.2, 0) is 14.0 Å². The summed E-state index contributed by atoms with van der Waals surface area (Å²) in [6.07, 6.45) is 1.08. The molecule has 0 spiro atoms. The van der Waals surface area contributed by atoms with Crippen LogP contribution in [0.15, 0.2) is 11.6 Å². The number of esters is 1. The minimum absolute atomic E-state index is 0.0359. The largest absolute Gasteiger partial charge is 0.464 e. The standard InChI is InChI=1S/C16H33NO4Si/c1-9-20-14(19)16(17,11-18)13(10-12(2)3)21-22(7,8)15(4,5)6/h10,13,18H,9,11,17H2,1-8H3/t13-,16-/m1/s1. The van der Waals surface area contributed by atoms with Crippen LogP contribution in [0, 0.1) is 0 Å². The van der Waals surface area contributed by atoms with Crippen LogP contribution in [0.3, 0.4) is 0 Å². The van der Waals surface area contributed by atoms with Crippen molar-refractivity contribution in [3.8, 4) is 0 Å². The number of hydrogen-bond donors (Lipinski definition) is 2. The summed E-state index contributed by atoms with van der Waals surface area (Å²) in [4.78, 5) is 12.3. The highest BCUT2D eigenvalue weighted by Gasteiger charge is 2.48. The van der Waals surface area contributed by atoms with Gasteiger partial charge in [-0.2, -0.15) is 0 Å². The highest BCUT2D eigenvalue weighted by Crippen LogP contribution is 2.38. The number of rotatable bonds is 7. The number of nitrogens with two attached hydrogens (primary N) is 1. The first kappa shape index (κ1) is 21.3. The van der Waals surface area contributed by atoms with Gasteiger partial charge in [-0.25, -0.2) is 4.79 Å². The van der Waals surface area contributed by atoms with E-state index < -0.39 is 32.5 Å². The minimum Gasteiger partial charge on any atom is -0.464 e. The zero-order chi connectivity index (χ0) is 17.8. The number of carbonyl (C=O) groups excluding carboxylic acids is 1. The second-order valence-corrected chi connectivity index (χ2v) is 12.2. The Kier molecular flexibility index (Phi) is 7.48. The zero-order valence-corrected chi connectivity index (χ0v) is 16.3. The van der Waals surface area contributed by atoms with Gasteiger partial charge in [0.15, 0.2) is 13.9 Å². The molecule has 2 atom stereocenters. The van der Waals surface area contributed by atoms with Crippen LogP contribution in [0.25, 0.3) is 0 Å². The van der Waals surface area contributed by atoms with Gasteiger partial charge in [-0.15, -0.1) is 0 Å². The normalized spacial score (nSPS) is 16.6. The highest BCUT2D eigenvalue weighted by atomic mass is 28.4. The second kappa shape index (κ2) is 7.72. The molecule has 0 saturated heterocycles. The maximum absolute atomic E-state index is 12.3. The average molecular weight is 332 g/mol. The lowest BCUT2D eigenvalue weighted by atomic mass is 9.93. The van der Waals surface area contributed by atoms with Crippen LogP contribution in [0.5, 0.6) is 0 Å². The third-order valence-electron chi connectivity index (χ3n) is 4.14. The van der Waals surface area contributed by atoms with Gasteiger partial charge in [0, 0.05) is 0 Å². The number of carbonyl (C=O) groups is 1. The maximum Gasteiger partial charge on any atom is 0.331 e. The van der Waals surface area contributed by atoms with E-state index in [-0.39, 0.29) is 11.6 Å². The molecule has 0 saturated carbocycles. The second-order valence-electron chi connectivity index (χ2n) is 7.46. The molecule has 0 aromatic heterocycles. The van der Waals surface area contributed by atoms with Crippen LogP contribution in [0.4, 0.5) is 0 Å². The summed E-state index contributed by atoms with van der Waals surface area (Å²) < 4.78 is 11.4. The molecule has 0 heterocycles. The van der Waals surface area contributed by atoms with Crippen molar-refractivity contribution in [2.24, 2.45) is 5.73 Å². The van der Waals surface area contributed by atoms with Crippen LogP contribution < -0.4 is 5.73 Å². The molecular weight excluding hydrogens is 298 g/mol. The molecule has 22 heavy (non-hydrogen) atoms. The lowest BCUT2D eigenvalue weighted by molar-refractivity contribution is -0.154. The smallest absolute Gasteiger partial charge is 0.331 e. The molecule has 0 unspecified atom stereocenters. The number of allylic oxidation sites excluding steroid dienone is 1. The monoisotopic (exact) mass is 331 g/mol. The van der Waals surface area contributed by atoms with Crippen LogP contribution in [0.2, 0.25) is 18.1 Å². The molecule has 130 valence electrons. The molecule has 0 aromatic rings. The first-order valence-corrected chi connectivity index (χ1v) is 10.6. The van der Waals surface area contributed by atoms with E-state index in [2.05, 4.69) is 33.9 Å². The topological polar surface area (TPSA) is 81.8 Å². The molecule has 6 heteroatoms. The molecule has 3 N–H and O–H groups in total. The van der Waals surface area contributed by atoms with Crippen LogP contribution in [0.1, 0.15) is 41.5 Å². The summed E-state index contributed by atoms with van der Waals surface area (Å²) in [7, 11) is -2.17. The number of aliphatic hydroxyl groups is 1. The first-order valence-electron chi connectivity index (χ1n) is 7.71. The first-order chi connectivity index (χ1) is 9.81. The molecule has 0 aliphatic carbocycles. The Morgan fingerprint density at radius 3 is 2.14 bits per heavy atom. The highest BCUT2D eigenvalue weighted by molar-refractivity contribution is 6.74. The van der Waals surface area contributed by atoms with Gasteiger partial charge in [0.2, 0.25) is 0 Å². The van der Waals surface area contributed by atoms with E-state index in [1.807, 2.05) is 13.8 Å². The predicted octanol–water partition coefficient (Wildman–Crippen LogP) is 2.60. The van der Waals surface area contributed by atoms with E-state index >= 15 is 0 Å². The van der Waals surface area contributed by atoms with Gasteiger partial charge in [0.05, 0.1) is 19.3 Å². The summed E-state index contributed by atoms with van der Waals surface area (Å²) in [5.74, 6) is -0.640. The lowest BCUT2D eigenvalue weighted by Crippen LogP contribution is -2.63. The quantitative estimate of drug-likeness (QED) is 0.426. The average Bonchev–Trinajstić information content (AvgIpc) is 2.35. The van der Waals surface area contributed by atoms with Crippen molar-refractivity contribution in [2.45, 2.75) is 71.3 Å². The molecule has 0 aliphatic rings. The summed E-state index contributed by atoms with van der Waals surface area (Å²) in [6.45, 7) is 15.7. The summed E-state index contributed by atoms with van der Waals surface area (Å²) in [5.41, 5.74) is 5.57. The SMILES string of the molecule is CCOC(=O)[C@@](N)(CO)[C@@H](C=C(C)C)O[Si](C)(C)C(C)(C)C. The maximum atomic E-state index is 12.3. The van der Waals surface area contributed by atoms with E-state index in [9.17, 15) is 9.90 Å². The Morgan fingerprint density at radius 1 is 1.32 bits per heavy atom. The number of aliphatic hydroxyl groups excluding tert-OH is 1. The third-order valence-corrected chi connectivity index (χ3v) is 8.59. The van der Waals surface area contributed by atoms with Crippen molar-refractivity contribution >= 4 is 14.3 Å². The summed E-state index contributed by atoms with van der Waals surface area (Å²) in [5, 5.41) is 9.71.